The van der Waals surface area contributed by atoms with Crippen molar-refractivity contribution in [1.82, 2.24) is 15.3 Å². The Balaban J connectivity index is 2.07. The number of nitrogens with zero attached hydrogens (tertiary/aromatic N) is 3. The van der Waals surface area contributed by atoms with Crippen LogP contribution in [0.15, 0.2) is 43.0 Å². The molecule has 1 aromatic carbocycles. The number of anilines is 1. The molecule has 0 saturated carbocycles. The smallest absolute Gasteiger partial charge is 0.406 e. The van der Waals surface area contributed by atoms with E-state index in [4.69, 9.17) is 16.3 Å². The summed E-state index contributed by atoms with van der Waals surface area (Å²) in [5.41, 5.74) is -4.99. The van der Waals surface area contributed by atoms with Crippen LogP contribution in [0.25, 0.3) is 0 Å². The molecule has 2 aromatic rings. The second-order valence-electron chi connectivity index (χ2n) is 8.99. The molecule has 13 heteroatoms. The zero-order chi connectivity index (χ0) is 26.7. The molecular weight excluding hydrogens is 508 g/mol. The molecule has 1 fully saturated rings. The van der Waals surface area contributed by atoms with E-state index in [0.717, 1.165) is 29.2 Å². The van der Waals surface area contributed by atoms with E-state index in [1.54, 1.807) is 0 Å². The summed E-state index contributed by atoms with van der Waals surface area (Å²) in [6.45, 7) is 5.48. The summed E-state index contributed by atoms with van der Waals surface area (Å²) in [5, 5.41) is 2.89. The van der Waals surface area contributed by atoms with E-state index in [9.17, 15) is 27.2 Å². The summed E-state index contributed by atoms with van der Waals surface area (Å²) < 4.78 is 61.6. The number of nitrogens with one attached hydrogen (secondary N) is 1. The van der Waals surface area contributed by atoms with E-state index in [1.807, 2.05) is 13.8 Å². The second-order valence-corrected chi connectivity index (χ2v) is 9.37. The van der Waals surface area contributed by atoms with Crippen molar-refractivity contribution in [3.05, 3.63) is 48.5 Å². The average molecular weight is 533 g/mol. The van der Waals surface area contributed by atoms with Gasteiger partial charge in [0.2, 0.25) is 0 Å². The van der Waals surface area contributed by atoms with Crippen molar-refractivity contribution < 1.29 is 36.6 Å². The van der Waals surface area contributed by atoms with E-state index in [0.29, 0.717) is 19.4 Å². The van der Waals surface area contributed by atoms with Crippen LogP contribution in [0.5, 0.6) is 5.75 Å². The monoisotopic (exact) mass is 532 g/mol. The number of amides is 2. The summed E-state index contributed by atoms with van der Waals surface area (Å²) in [6, 6.07) is 3.72. The van der Waals surface area contributed by atoms with Gasteiger partial charge in [0.15, 0.2) is 5.54 Å². The Labute approximate surface area is 209 Å². The minimum Gasteiger partial charge on any atom is -0.406 e. The number of rotatable bonds is 7. The van der Waals surface area contributed by atoms with Gasteiger partial charge < -0.3 is 14.8 Å². The number of hydrogen-bond donors (Lipinski definition) is 1. The quantitative estimate of drug-likeness (QED) is 0.424. The predicted molar refractivity (Wildman–Crippen MR) is 122 cm³/mol. The Morgan fingerprint density at radius 3 is 2.36 bits per heavy atom. The maximum Gasteiger partial charge on any atom is 0.573 e. The second kappa shape index (κ2) is 10.6. The van der Waals surface area contributed by atoms with Crippen molar-refractivity contribution in [3.8, 4) is 5.75 Å². The van der Waals surface area contributed by atoms with Gasteiger partial charge in [0, 0.05) is 36.3 Å². The standard InChI is InChI=1S/C23H25ClF4N4O4/c1-21(2)10-15(8-9-35-21)31-20(34)22(3,14-11-29-13-30-12-14)32(19(33)18(24)25)16-4-6-17(7-5-16)36-23(26,27)28/h4-7,11-13,15,18H,8-10H2,1-3H3,(H,31,34)/t15-,18-,22-/m0/s1. The third-order valence-corrected chi connectivity index (χ3v) is 5.97. The van der Waals surface area contributed by atoms with Gasteiger partial charge in [-0.05, 0) is 57.9 Å². The molecule has 1 aliphatic heterocycles. The van der Waals surface area contributed by atoms with Gasteiger partial charge in [0.05, 0.1) is 5.60 Å². The van der Waals surface area contributed by atoms with Crippen LogP contribution in [0.1, 0.15) is 39.2 Å². The lowest BCUT2D eigenvalue weighted by molar-refractivity contribution is -0.274. The van der Waals surface area contributed by atoms with Crippen LogP contribution in [-0.2, 0) is 19.9 Å². The highest BCUT2D eigenvalue weighted by Gasteiger charge is 2.48. The van der Waals surface area contributed by atoms with Crippen molar-refractivity contribution in [1.29, 1.82) is 0 Å². The first-order valence-corrected chi connectivity index (χ1v) is 11.3. The highest BCUT2D eigenvalue weighted by atomic mass is 35.5. The Morgan fingerprint density at radius 1 is 1.22 bits per heavy atom. The molecule has 1 saturated heterocycles. The summed E-state index contributed by atoms with van der Waals surface area (Å²) in [6.07, 6.45) is -0.205. The van der Waals surface area contributed by atoms with Gasteiger partial charge in [-0.15, -0.1) is 13.2 Å². The van der Waals surface area contributed by atoms with Gasteiger partial charge in [0.1, 0.15) is 12.1 Å². The molecule has 36 heavy (non-hydrogen) atoms. The number of aromatic nitrogens is 2. The van der Waals surface area contributed by atoms with E-state index in [1.165, 1.54) is 25.6 Å². The van der Waals surface area contributed by atoms with Crippen LogP contribution in [0, 0.1) is 0 Å². The Morgan fingerprint density at radius 2 is 1.83 bits per heavy atom. The minimum atomic E-state index is -4.94. The first-order chi connectivity index (χ1) is 16.7. The molecule has 3 rings (SSSR count). The summed E-state index contributed by atoms with van der Waals surface area (Å²) in [5.74, 6) is -2.57. The fourth-order valence-electron chi connectivity index (χ4n) is 4.09. The maximum absolute atomic E-state index is 14.2. The molecule has 1 N–H and O–H groups in total. The average Bonchev–Trinajstić information content (AvgIpc) is 2.79. The van der Waals surface area contributed by atoms with Crippen LogP contribution in [-0.4, -0.2) is 52.0 Å². The van der Waals surface area contributed by atoms with Crippen molar-refractivity contribution in [3.63, 3.8) is 0 Å². The van der Waals surface area contributed by atoms with E-state index < -0.39 is 40.7 Å². The van der Waals surface area contributed by atoms with Crippen LogP contribution in [0.2, 0.25) is 0 Å². The predicted octanol–water partition coefficient (Wildman–Crippen LogP) is 4.23. The number of carbonyl (C=O) groups excluding carboxylic acids is 2. The van der Waals surface area contributed by atoms with Crippen LogP contribution in [0.3, 0.4) is 0 Å². The lowest BCUT2D eigenvalue weighted by Gasteiger charge is -2.42. The Kier molecular flexibility index (Phi) is 8.09. The molecule has 0 spiro atoms. The Hall–Kier alpha value is -2.99. The van der Waals surface area contributed by atoms with Crippen molar-refractivity contribution >= 4 is 29.1 Å². The van der Waals surface area contributed by atoms with Crippen LogP contribution in [0.4, 0.5) is 23.2 Å². The number of halogens is 5. The third-order valence-electron chi connectivity index (χ3n) is 5.78. The Bertz CT molecular complexity index is 1070. The number of benzene rings is 1. The molecular formula is C23H25ClF4N4O4. The fourth-order valence-corrected chi connectivity index (χ4v) is 4.19. The maximum atomic E-state index is 14.2. The summed E-state index contributed by atoms with van der Waals surface area (Å²) in [7, 11) is 0. The van der Waals surface area contributed by atoms with Gasteiger partial charge in [0.25, 0.3) is 17.4 Å². The van der Waals surface area contributed by atoms with Gasteiger partial charge in [-0.25, -0.2) is 14.4 Å². The van der Waals surface area contributed by atoms with Crippen molar-refractivity contribution in [2.45, 2.75) is 62.8 Å². The SMILES string of the molecule is CC1(C)C[C@@H](NC(=O)[C@](C)(c2cncnc2)N(C(=O)[C@H](F)Cl)c2ccc(OC(F)(F)F)cc2)CCO1. The van der Waals surface area contributed by atoms with Gasteiger partial charge in [-0.2, -0.15) is 0 Å². The molecule has 196 valence electrons. The highest BCUT2D eigenvalue weighted by molar-refractivity contribution is 6.32. The molecule has 1 aliphatic rings. The van der Waals surface area contributed by atoms with Crippen LogP contribution < -0.4 is 15.0 Å². The normalized spacial score (nSPS) is 20.1. The first-order valence-electron chi connectivity index (χ1n) is 10.9. The minimum absolute atomic E-state index is 0.105. The zero-order valence-electron chi connectivity index (χ0n) is 19.7. The van der Waals surface area contributed by atoms with E-state index in [2.05, 4.69) is 20.0 Å². The number of hydrogen-bond acceptors (Lipinski definition) is 6. The van der Waals surface area contributed by atoms with Crippen molar-refractivity contribution in [2.75, 3.05) is 11.5 Å². The molecule has 2 heterocycles. The lowest BCUT2D eigenvalue weighted by Crippen LogP contribution is -2.60. The number of ether oxygens (including phenoxy) is 2. The molecule has 8 nitrogen and oxygen atoms in total. The molecule has 0 aliphatic carbocycles. The third kappa shape index (κ3) is 6.41. The van der Waals surface area contributed by atoms with E-state index >= 15 is 0 Å². The molecule has 1 aromatic heterocycles. The largest absolute Gasteiger partial charge is 0.573 e. The zero-order valence-corrected chi connectivity index (χ0v) is 20.4. The first kappa shape index (κ1) is 27.6. The fraction of sp³-hybridized carbons (Fsp3) is 0.478. The molecule has 2 amide bonds. The lowest BCUT2D eigenvalue weighted by atomic mass is 9.88. The van der Waals surface area contributed by atoms with Crippen LogP contribution >= 0.6 is 11.6 Å². The summed E-state index contributed by atoms with van der Waals surface area (Å²) >= 11 is 5.51. The molecule has 3 atom stereocenters. The number of alkyl halides is 5. The summed E-state index contributed by atoms with van der Waals surface area (Å²) in [4.78, 5) is 35.5. The topological polar surface area (TPSA) is 93.7 Å². The highest BCUT2D eigenvalue weighted by Crippen LogP contribution is 2.36. The molecule has 0 unspecified atom stereocenters. The van der Waals surface area contributed by atoms with Gasteiger partial charge >= 0.3 is 6.36 Å². The molecule has 0 bridgehead atoms. The van der Waals surface area contributed by atoms with Gasteiger partial charge in [-0.1, -0.05) is 11.6 Å². The van der Waals surface area contributed by atoms with Gasteiger partial charge in [-0.3, -0.25) is 14.5 Å². The van der Waals surface area contributed by atoms with E-state index in [-0.39, 0.29) is 17.3 Å². The van der Waals surface area contributed by atoms with Crippen molar-refractivity contribution in [2.24, 2.45) is 0 Å². The number of carbonyl (C=O) groups is 2. The molecule has 0 radical (unpaired) electrons.